The zero-order valence-electron chi connectivity index (χ0n) is 7.19. The molecule has 0 radical (unpaired) electrons. The highest BCUT2D eigenvalue weighted by Crippen LogP contribution is 2.24. The van der Waals surface area contributed by atoms with Crippen molar-refractivity contribution in [1.29, 1.82) is 0 Å². The lowest BCUT2D eigenvalue weighted by Gasteiger charge is -2.06. The number of nitrogens with one attached hydrogen (secondary N) is 1. The summed E-state index contributed by atoms with van der Waals surface area (Å²) in [4.78, 5) is 11.1. The van der Waals surface area contributed by atoms with Crippen molar-refractivity contribution in [3.63, 3.8) is 0 Å². The van der Waals surface area contributed by atoms with Crippen molar-refractivity contribution < 1.29 is 9.18 Å². The maximum Gasteiger partial charge on any atom is 0.225 e. The third kappa shape index (κ3) is 2.86. The van der Waals surface area contributed by atoms with Crippen molar-refractivity contribution in [3.05, 3.63) is 29.0 Å². The number of anilines is 1. The average Bonchev–Trinajstić information content (AvgIpc) is 2.13. The number of amides is 1. The van der Waals surface area contributed by atoms with Crippen LogP contribution in [0.15, 0.2) is 18.2 Å². The van der Waals surface area contributed by atoms with E-state index < -0.39 is 5.82 Å². The van der Waals surface area contributed by atoms with Gasteiger partial charge in [0.25, 0.3) is 0 Å². The Morgan fingerprint density at radius 1 is 1.50 bits per heavy atom. The normalized spacial score (nSPS) is 9.93. The molecule has 1 aromatic rings. The van der Waals surface area contributed by atoms with Gasteiger partial charge in [0.05, 0.1) is 10.7 Å². The predicted molar refractivity (Wildman–Crippen MR) is 55.4 cm³/mol. The molecule has 76 valence electrons. The summed E-state index contributed by atoms with van der Waals surface area (Å²) in [7, 11) is 0. The second-order valence-electron chi connectivity index (χ2n) is 2.59. The SMILES string of the molecule is O=C(CCCl)Nc1cccc(F)c1Cl. The van der Waals surface area contributed by atoms with Crippen molar-refractivity contribution in [1.82, 2.24) is 0 Å². The molecule has 5 heteroatoms. The van der Waals surface area contributed by atoms with Gasteiger partial charge in [-0.2, -0.15) is 0 Å². The van der Waals surface area contributed by atoms with Gasteiger partial charge in [-0.1, -0.05) is 17.7 Å². The standard InChI is InChI=1S/C9H8Cl2FNO/c10-5-4-8(14)13-7-3-1-2-6(12)9(7)11/h1-3H,4-5H2,(H,13,14). The number of rotatable bonds is 3. The summed E-state index contributed by atoms with van der Waals surface area (Å²) in [6.45, 7) is 0. The monoisotopic (exact) mass is 235 g/mol. The molecule has 14 heavy (non-hydrogen) atoms. The summed E-state index contributed by atoms with van der Waals surface area (Å²) < 4.78 is 12.9. The highest BCUT2D eigenvalue weighted by Gasteiger charge is 2.08. The first-order chi connectivity index (χ1) is 6.65. The van der Waals surface area contributed by atoms with Gasteiger partial charge >= 0.3 is 0 Å². The zero-order chi connectivity index (χ0) is 10.6. The quantitative estimate of drug-likeness (QED) is 0.803. The zero-order valence-corrected chi connectivity index (χ0v) is 8.70. The van der Waals surface area contributed by atoms with Gasteiger partial charge < -0.3 is 5.32 Å². The van der Waals surface area contributed by atoms with E-state index in [9.17, 15) is 9.18 Å². The number of halogens is 3. The van der Waals surface area contributed by atoms with E-state index >= 15 is 0 Å². The number of hydrogen-bond acceptors (Lipinski definition) is 1. The second-order valence-corrected chi connectivity index (χ2v) is 3.34. The molecule has 0 bridgehead atoms. The van der Waals surface area contributed by atoms with Gasteiger partial charge in [-0.3, -0.25) is 4.79 Å². The largest absolute Gasteiger partial charge is 0.325 e. The maximum absolute atomic E-state index is 12.9. The van der Waals surface area contributed by atoms with Crippen molar-refractivity contribution in [2.75, 3.05) is 11.2 Å². The van der Waals surface area contributed by atoms with Crippen LogP contribution in [-0.2, 0) is 4.79 Å². The minimum atomic E-state index is -0.560. The maximum atomic E-state index is 12.9. The van der Waals surface area contributed by atoms with Gasteiger partial charge in [0, 0.05) is 12.3 Å². The Balaban J connectivity index is 2.76. The van der Waals surface area contributed by atoms with E-state index in [2.05, 4.69) is 5.32 Å². The second kappa shape index (κ2) is 5.17. The van der Waals surface area contributed by atoms with Crippen LogP contribution in [0.1, 0.15) is 6.42 Å². The topological polar surface area (TPSA) is 29.1 Å². The third-order valence-corrected chi connectivity index (χ3v) is 2.12. The third-order valence-electron chi connectivity index (χ3n) is 1.55. The van der Waals surface area contributed by atoms with E-state index in [1.165, 1.54) is 18.2 Å². The van der Waals surface area contributed by atoms with Crippen LogP contribution in [0.25, 0.3) is 0 Å². The van der Waals surface area contributed by atoms with Gasteiger partial charge in [0.1, 0.15) is 5.82 Å². The molecule has 0 spiro atoms. The molecule has 0 aliphatic heterocycles. The lowest BCUT2D eigenvalue weighted by atomic mass is 10.3. The molecule has 0 atom stereocenters. The number of alkyl halides is 1. The lowest BCUT2D eigenvalue weighted by molar-refractivity contribution is -0.115. The molecule has 0 unspecified atom stereocenters. The Morgan fingerprint density at radius 2 is 2.21 bits per heavy atom. The Kier molecular flexibility index (Phi) is 4.17. The fraction of sp³-hybridized carbons (Fsp3) is 0.222. The van der Waals surface area contributed by atoms with Gasteiger partial charge in [-0.15, -0.1) is 11.6 Å². The number of benzene rings is 1. The first-order valence-corrected chi connectivity index (χ1v) is 4.86. The molecule has 0 saturated heterocycles. The van der Waals surface area contributed by atoms with Gasteiger partial charge in [0.15, 0.2) is 0 Å². The van der Waals surface area contributed by atoms with Crippen molar-refractivity contribution in [2.45, 2.75) is 6.42 Å². The number of carbonyl (C=O) groups excluding carboxylic acids is 1. The molecular formula is C9H8Cl2FNO. The van der Waals surface area contributed by atoms with Crippen LogP contribution >= 0.6 is 23.2 Å². The minimum Gasteiger partial charge on any atom is -0.325 e. The molecule has 0 fully saturated rings. The Morgan fingerprint density at radius 3 is 2.86 bits per heavy atom. The molecule has 0 saturated carbocycles. The molecule has 2 nitrogen and oxygen atoms in total. The average molecular weight is 236 g/mol. The van der Waals surface area contributed by atoms with Crippen molar-refractivity contribution in [3.8, 4) is 0 Å². The molecule has 1 amide bonds. The molecule has 0 aromatic heterocycles. The molecular weight excluding hydrogens is 228 g/mol. The fourth-order valence-electron chi connectivity index (χ4n) is 0.899. The summed E-state index contributed by atoms with van der Waals surface area (Å²) in [5.74, 6) is -0.624. The van der Waals surface area contributed by atoms with E-state index in [-0.39, 0.29) is 28.9 Å². The number of carbonyl (C=O) groups is 1. The van der Waals surface area contributed by atoms with Crippen LogP contribution in [0.5, 0.6) is 0 Å². The molecule has 0 heterocycles. The van der Waals surface area contributed by atoms with Gasteiger partial charge in [0.2, 0.25) is 5.91 Å². The van der Waals surface area contributed by atoms with E-state index in [0.717, 1.165) is 0 Å². The van der Waals surface area contributed by atoms with Gasteiger partial charge in [-0.05, 0) is 12.1 Å². The lowest BCUT2D eigenvalue weighted by Crippen LogP contribution is -2.12. The summed E-state index contributed by atoms with van der Waals surface area (Å²) in [5.41, 5.74) is 0.266. The predicted octanol–water partition coefficient (Wildman–Crippen LogP) is 3.05. The van der Waals surface area contributed by atoms with E-state index in [1.807, 2.05) is 0 Å². The first-order valence-electron chi connectivity index (χ1n) is 3.95. The summed E-state index contributed by atoms with van der Waals surface area (Å²) in [5, 5.41) is 2.37. The minimum absolute atomic E-state index is 0.0876. The molecule has 1 rings (SSSR count). The van der Waals surface area contributed by atoms with E-state index in [1.54, 1.807) is 0 Å². The smallest absolute Gasteiger partial charge is 0.225 e. The van der Waals surface area contributed by atoms with Crippen LogP contribution < -0.4 is 5.32 Å². The van der Waals surface area contributed by atoms with Crippen LogP contribution in [0.4, 0.5) is 10.1 Å². The Hall–Kier alpha value is -0.800. The van der Waals surface area contributed by atoms with Gasteiger partial charge in [-0.25, -0.2) is 4.39 Å². The molecule has 0 aliphatic carbocycles. The highest BCUT2D eigenvalue weighted by atomic mass is 35.5. The number of hydrogen-bond donors (Lipinski definition) is 1. The Bertz CT molecular complexity index is 344. The Labute approximate surface area is 91.0 Å². The summed E-state index contributed by atoms with van der Waals surface area (Å²) in [6, 6.07) is 4.22. The van der Waals surface area contributed by atoms with Crippen LogP contribution in [-0.4, -0.2) is 11.8 Å². The molecule has 1 N–H and O–H groups in total. The van der Waals surface area contributed by atoms with E-state index in [4.69, 9.17) is 23.2 Å². The summed E-state index contributed by atoms with van der Waals surface area (Å²) >= 11 is 11.0. The first kappa shape index (κ1) is 11.3. The highest BCUT2D eigenvalue weighted by molar-refractivity contribution is 6.33. The molecule has 0 aliphatic rings. The van der Waals surface area contributed by atoms with E-state index in [0.29, 0.717) is 0 Å². The fourth-order valence-corrected chi connectivity index (χ4v) is 1.24. The van der Waals surface area contributed by atoms with Crippen molar-refractivity contribution >= 4 is 34.8 Å². The molecule has 1 aromatic carbocycles. The van der Waals surface area contributed by atoms with Crippen LogP contribution in [0, 0.1) is 5.82 Å². The van der Waals surface area contributed by atoms with Crippen LogP contribution in [0.3, 0.4) is 0 Å². The summed E-state index contributed by atoms with van der Waals surface area (Å²) in [6.07, 6.45) is 0.175. The van der Waals surface area contributed by atoms with Crippen LogP contribution in [0.2, 0.25) is 5.02 Å². The van der Waals surface area contributed by atoms with Crippen molar-refractivity contribution in [2.24, 2.45) is 0 Å².